The summed E-state index contributed by atoms with van der Waals surface area (Å²) in [5.74, 6) is 1.10. The SMILES string of the molecule is O=C([O-])C1=C(Br)[N+](c2ccccc2)(C23CC4CC(CC(C4)C2)C3)C=N1. The molecule has 0 spiro atoms. The smallest absolute Gasteiger partial charge is 0.214 e. The molecule has 25 heavy (non-hydrogen) atoms. The first-order chi connectivity index (χ1) is 12.0. The average molecular weight is 401 g/mol. The third kappa shape index (κ3) is 2.02. The molecule has 1 aliphatic heterocycles. The van der Waals surface area contributed by atoms with Crippen LogP contribution in [0.5, 0.6) is 0 Å². The number of hydrogen-bond acceptors (Lipinski definition) is 3. The van der Waals surface area contributed by atoms with Crippen molar-refractivity contribution < 1.29 is 9.90 Å². The van der Waals surface area contributed by atoms with Crippen molar-refractivity contribution in [2.75, 3.05) is 0 Å². The second-order valence-corrected chi connectivity index (χ2v) is 9.12. The molecule has 4 bridgehead atoms. The summed E-state index contributed by atoms with van der Waals surface area (Å²) >= 11 is 3.66. The normalized spacial score (nSPS) is 41.6. The van der Waals surface area contributed by atoms with Crippen LogP contribution in [0.3, 0.4) is 0 Å². The molecule has 1 aromatic rings. The third-order valence-electron chi connectivity index (χ3n) is 6.98. The maximum Gasteiger partial charge on any atom is 0.214 e. The Morgan fingerprint density at radius 3 is 2.12 bits per heavy atom. The summed E-state index contributed by atoms with van der Waals surface area (Å²) in [7, 11) is 0. The van der Waals surface area contributed by atoms with Crippen LogP contribution < -0.4 is 9.59 Å². The van der Waals surface area contributed by atoms with Crippen LogP contribution in [0.4, 0.5) is 5.69 Å². The van der Waals surface area contributed by atoms with Crippen molar-refractivity contribution in [2.24, 2.45) is 22.7 Å². The van der Waals surface area contributed by atoms with Gasteiger partial charge in [-0.25, -0.2) is 4.48 Å². The topological polar surface area (TPSA) is 52.5 Å². The Labute approximate surface area is 156 Å². The molecule has 1 heterocycles. The molecule has 5 heteroatoms. The van der Waals surface area contributed by atoms with E-state index in [0.29, 0.717) is 9.09 Å². The fourth-order valence-corrected chi connectivity index (χ4v) is 7.43. The van der Waals surface area contributed by atoms with Crippen LogP contribution in [0.2, 0.25) is 0 Å². The van der Waals surface area contributed by atoms with Crippen molar-refractivity contribution in [1.82, 2.24) is 4.48 Å². The van der Waals surface area contributed by atoms with Gasteiger partial charge in [0, 0.05) is 47.3 Å². The molecule has 5 aliphatic rings. The van der Waals surface area contributed by atoms with Gasteiger partial charge in [-0.15, -0.1) is 0 Å². The molecule has 1 aromatic carbocycles. The number of aliphatic carboxylic acids is 1. The summed E-state index contributed by atoms with van der Waals surface area (Å²) in [4.78, 5) is 16.0. The number of carbonyl (C=O) groups excluding carboxylic acids is 1. The lowest BCUT2D eigenvalue weighted by atomic mass is 9.52. The van der Waals surface area contributed by atoms with Crippen LogP contribution in [-0.2, 0) is 4.79 Å². The molecule has 4 saturated carbocycles. The molecular formula is C20H21BrN2O2. The fourth-order valence-electron chi connectivity index (χ4n) is 6.50. The monoisotopic (exact) mass is 400 g/mol. The summed E-state index contributed by atoms with van der Waals surface area (Å²) in [5.41, 5.74) is 1.14. The highest BCUT2D eigenvalue weighted by Gasteiger charge is 2.64. The Kier molecular flexibility index (Phi) is 3.32. The Bertz CT molecular complexity index is 766. The highest BCUT2D eigenvalue weighted by molar-refractivity contribution is 9.11. The van der Waals surface area contributed by atoms with E-state index in [9.17, 15) is 9.90 Å². The second-order valence-electron chi connectivity index (χ2n) is 8.37. The second kappa shape index (κ2) is 5.27. The number of aliphatic imine (C=N–C) groups is 1. The van der Waals surface area contributed by atoms with Gasteiger partial charge in [-0.3, -0.25) is 0 Å². The Morgan fingerprint density at radius 2 is 1.64 bits per heavy atom. The van der Waals surface area contributed by atoms with E-state index in [0.717, 1.165) is 42.7 Å². The number of benzene rings is 1. The van der Waals surface area contributed by atoms with Gasteiger partial charge < -0.3 is 9.90 Å². The maximum atomic E-state index is 11.6. The van der Waals surface area contributed by atoms with Crippen molar-refractivity contribution in [3.63, 3.8) is 0 Å². The summed E-state index contributed by atoms with van der Waals surface area (Å²) < 4.78 is 1.06. The van der Waals surface area contributed by atoms with Crippen molar-refractivity contribution in [3.8, 4) is 0 Å². The summed E-state index contributed by atoms with van der Waals surface area (Å²) in [6.45, 7) is 0. The lowest BCUT2D eigenvalue weighted by Gasteiger charge is -2.61. The standard InChI is InChI=1S/C20H21BrN2O2/c21-18-17(19(24)25)22-12-23(18,16-4-2-1-3-5-16)20-9-13-6-14(10-20)8-15(7-13)11-20/h1-5,12-15H,6-11H2. The van der Waals surface area contributed by atoms with Gasteiger partial charge in [0.1, 0.15) is 11.2 Å². The van der Waals surface area contributed by atoms with E-state index in [1.54, 1.807) is 0 Å². The van der Waals surface area contributed by atoms with Gasteiger partial charge in [-0.2, -0.15) is 4.99 Å². The number of hydrogen-bond donors (Lipinski definition) is 0. The van der Waals surface area contributed by atoms with Crippen molar-refractivity contribution >= 4 is 33.9 Å². The van der Waals surface area contributed by atoms with Gasteiger partial charge in [0.25, 0.3) is 0 Å². The van der Waals surface area contributed by atoms with Crippen LogP contribution in [-0.4, -0.2) is 17.8 Å². The lowest BCUT2D eigenvalue weighted by molar-refractivity contribution is -0.299. The molecular weight excluding hydrogens is 380 g/mol. The first-order valence-electron chi connectivity index (χ1n) is 9.15. The quantitative estimate of drug-likeness (QED) is 0.577. The van der Waals surface area contributed by atoms with E-state index in [4.69, 9.17) is 0 Å². The number of halogens is 1. The zero-order valence-corrected chi connectivity index (χ0v) is 15.6. The first-order valence-corrected chi connectivity index (χ1v) is 9.95. The minimum atomic E-state index is -1.20. The number of carboxylic acids is 1. The predicted octanol–water partition coefficient (Wildman–Crippen LogP) is 3.32. The number of quaternary nitrogens is 1. The largest absolute Gasteiger partial charge is 0.543 e. The molecule has 0 amide bonds. The van der Waals surface area contributed by atoms with Crippen molar-refractivity contribution in [1.29, 1.82) is 0 Å². The van der Waals surface area contributed by atoms with E-state index in [-0.39, 0.29) is 11.2 Å². The van der Waals surface area contributed by atoms with Crippen LogP contribution in [0.1, 0.15) is 38.5 Å². The number of nitrogens with zero attached hydrogens (tertiary/aromatic N) is 2. The minimum Gasteiger partial charge on any atom is -0.543 e. The van der Waals surface area contributed by atoms with Crippen molar-refractivity contribution in [3.05, 3.63) is 40.6 Å². The van der Waals surface area contributed by atoms with Crippen LogP contribution in [0, 0.1) is 17.8 Å². The van der Waals surface area contributed by atoms with E-state index >= 15 is 0 Å². The number of carboxylic acid groups (broad SMARTS) is 1. The van der Waals surface area contributed by atoms with E-state index in [1.165, 1.54) is 19.3 Å². The number of rotatable bonds is 3. The molecule has 4 nitrogen and oxygen atoms in total. The molecule has 0 aromatic heterocycles. The molecule has 0 radical (unpaired) electrons. The summed E-state index contributed by atoms with van der Waals surface area (Å²) in [5, 5.41) is 11.6. The Morgan fingerprint density at radius 1 is 1.08 bits per heavy atom. The van der Waals surface area contributed by atoms with Gasteiger partial charge in [-0.1, -0.05) is 18.2 Å². The van der Waals surface area contributed by atoms with Gasteiger partial charge >= 0.3 is 0 Å². The molecule has 1 atom stereocenters. The van der Waals surface area contributed by atoms with Crippen LogP contribution in [0.25, 0.3) is 0 Å². The highest BCUT2D eigenvalue weighted by atomic mass is 79.9. The number of carbonyl (C=O) groups is 1. The molecule has 6 rings (SSSR count). The highest BCUT2D eigenvalue weighted by Crippen LogP contribution is 2.62. The Hall–Kier alpha value is -1.46. The lowest BCUT2D eigenvalue weighted by Crippen LogP contribution is -2.69. The van der Waals surface area contributed by atoms with Gasteiger partial charge in [0.2, 0.25) is 10.9 Å². The first kappa shape index (κ1) is 15.8. The zero-order chi connectivity index (χ0) is 17.2. The van der Waals surface area contributed by atoms with E-state index in [1.807, 2.05) is 24.5 Å². The van der Waals surface area contributed by atoms with Gasteiger partial charge in [-0.05, 0) is 37.0 Å². The van der Waals surface area contributed by atoms with Gasteiger partial charge in [0.15, 0.2) is 5.70 Å². The number of para-hydroxylation sites is 1. The van der Waals surface area contributed by atoms with Gasteiger partial charge in [0.05, 0.1) is 5.97 Å². The third-order valence-corrected chi connectivity index (χ3v) is 7.91. The maximum absolute atomic E-state index is 11.6. The zero-order valence-electron chi connectivity index (χ0n) is 14.0. The molecule has 1 unspecified atom stereocenters. The Balaban J connectivity index is 1.73. The van der Waals surface area contributed by atoms with Crippen LogP contribution >= 0.6 is 15.9 Å². The molecule has 4 aliphatic carbocycles. The minimum absolute atomic E-state index is 0.00956. The molecule has 0 N–H and O–H groups in total. The van der Waals surface area contributed by atoms with E-state index in [2.05, 4.69) is 33.1 Å². The molecule has 130 valence electrons. The predicted molar refractivity (Wildman–Crippen MR) is 98.6 cm³/mol. The van der Waals surface area contributed by atoms with Crippen molar-refractivity contribution in [2.45, 2.75) is 44.1 Å². The fraction of sp³-hybridized carbons (Fsp3) is 0.500. The van der Waals surface area contributed by atoms with Crippen LogP contribution in [0.15, 0.2) is 45.6 Å². The summed E-state index contributed by atoms with van der Waals surface area (Å²) in [6, 6.07) is 10.3. The average Bonchev–Trinajstić information content (AvgIpc) is 2.93. The summed E-state index contributed by atoms with van der Waals surface area (Å²) in [6.07, 6.45) is 9.34. The molecule has 0 saturated heterocycles. The molecule has 4 fully saturated rings. The van der Waals surface area contributed by atoms with E-state index < -0.39 is 5.97 Å².